The molecule has 0 spiro atoms. The number of benzene rings is 2. The Hall–Kier alpha value is -3.06. The Kier molecular flexibility index (Phi) is 4.73. The standard InChI is InChI=1S/C17H15N3O/c1-13-7-5-6-10-16(13)20-17(21)14(11-18)12-19-15-8-3-2-4-9-15/h2-10,12,19H,1H3,(H,20,21)/b14-12-. The van der Waals surface area contributed by atoms with E-state index >= 15 is 0 Å². The molecule has 0 aliphatic heterocycles. The van der Waals surface area contributed by atoms with E-state index in [0.29, 0.717) is 5.69 Å². The van der Waals surface area contributed by atoms with Crippen LogP contribution in [0.25, 0.3) is 0 Å². The van der Waals surface area contributed by atoms with Crippen molar-refractivity contribution in [2.75, 3.05) is 10.6 Å². The molecule has 0 saturated heterocycles. The van der Waals surface area contributed by atoms with Gasteiger partial charge in [0.25, 0.3) is 5.91 Å². The lowest BCUT2D eigenvalue weighted by atomic mass is 10.2. The Morgan fingerprint density at radius 3 is 2.43 bits per heavy atom. The summed E-state index contributed by atoms with van der Waals surface area (Å²) < 4.78 is 0. The van der Waals surface area contributed by atoms with Crippen molar-refractivity contribution in [2.45, 2.75) is 6.92 Å². The van der Waals surface area contributed by atoms with Gasteiger partial charge in [-0.1, -0.05) is 36.4 Å². The number of para-hydroxylation sites is 2. The summed E-state index contributed by atoms with van der Waals surface area (Å²) in [4.78, 5) is 12.1. The van der Waals surface area contributed by atoms with Gasteiger partial charge in [0.15, 0.2) is 0 Å². The Balaban J connectivity index is 2.09. The van der Waals surface area contributed by atoms with E-state index in [1.54, 1.807) is 6.07 Å². The average Bonchev–Trinajstić information content (AvgIpc) is 2.51. The maximum Gasteiger partial charge on any atom is 0.267 e. The molecule has 4 heteroatoms. The molecular weight excluding hydrogens is 262 g/mol. The third-order valence-electron chi connectivity index (χ3n) is 2.92. The van der Waals surface area contributed by atoms with Crippen LogP contribution in [0.5, 0.6) is 0 Å². The SMILES string of the molecule is Cc1ccccc1NC(=O)/C(C#N)=C\Nc1ccccc1. The molecule has 2 aromatic carbocycles. The molecule has 21 heavy (non-hydrogen) atoms. The quantitative estimate of drug-likeness (QED) is 0.664. The van der Waals surface area contributed by atoms with Crippen molar-refractivity contribution in [1.82, 2.24) is 0 Å². The molecule has 0 bridgehead atoms. The molecule has 0 aliphatic rings. The van der Waals surface area contributed by atoms with Gasteiger partial charge in [0.05, 0.1) is 0 Å². The van der Waals surface area contributed by atoms with Gasteiger partial charge in [-0.05, 0) is 30.7 Å². The average molecular weight is 277 g/mol. The van der Waals surface area contributed by atoms with E-state index in [-0.39, 0.29) is 5.57 Å². The number of carbonyl (C=O) groups excluding carboxylic acids is 1. The monoisotopic (exact) mass is 277 g/mol. The Bertz CT molecular complexity index is 699. The fourth-order valence-corrected chi connectivity index (χ4v) is 1.74. The molecule has 2 N–H and O–H groups in total. The van der Waals surface area contributed by atoms with Gasteiger partial charge in [-0.3, -0.25) is 4.79 Å². The zero-order chi connectivity index (χ0) is 15.1. The lowest BCUT2D eigenvalue weighted by molar-refractivity contribution is -0.112. The van der Waals surface area contributed by atoms with Crippen molar-refractivity contribution in [3.8, 4) is 6.07 Å². The summed E-state index contributed by atoms with van der Waals surface area (Å²) in [6.07, 6.45) is 1.41. The maximum absolute atomic E-state index is 12.1. The van der Waals surface area contributed by atoms with E-state index < -0.39 is 5.91 Å². The highest BCUT2D eigenvalue weighted by molar-refractivity contribution is 6.07. The van der Waals surface area contributed by atoms with Crippen LogP contribution in [0.1, 0.15) is 5.56 Å². The molecule has 104 valence electrons. The molecule has 4 nitrogen and oxygen atoms in total. The van der Waals surface area contributed by atoms with Gasteiger partial charge < -0.3 is 10.6 Å². The van der Waals surface area contributed by atoms with E-state index in [0.717, 1.165) is 11.3 Å². The van der Waals surface area contributed by atoms with Crippen molar-refractivity contribution >= 4 is 17.3 Å². The molecule has 0 aromatic heterocycles. The molecule has 0 saturated carbocycles. The first-order chi connectivity index (χ1) is 10.2. The zero-order valence-electron chi connectivity index (χ0n) is 11.6. The highest BCUT2D eigenvalue weighted by Crippen LogP contribution is 2.14. The van der Waals surface area contributed by atoms with E-state index in [1.165, 1.54) is 6.20 Å². The fourth-order valence-electron chi connectivity index (χ4n) is 1.74. The zero-order valence-corrected chi connectivity index (χ0v) is 11.6. The second-order valence-corrected chi connectivity index (χ2v) is 4.45. The molecule has 0 atom stereocenters. The first kappa shape index (κ1) is 14.4. The van der Waals surface area contributed by atoms with Gasteiger partial charge in [-0.25, -0.2) is 0 Å². The summed E-state index contributed by atoms with van der Waals surface area (Å²) in [5.74, 6) is -0.435. The van der Waals surface area contributed by atoms with Crippen LogP contribution in [0, 0.1) is 18.3 Å². The number of anilines is 2. The lowest BCUT2D eigenvalue weighted by Crippen LogP contribution is -2.15. The van der Waals surface area contributed by atoms with Crippen molar-refractivity contribution in [1.29, 1.82) is 5.26 Å². The largest absolute Gasteiger partial charge is 0.360 e. The summed E-state index contributed by atoms with van der Waals surface area (Å²) in [6, 6.07) is 18.7. The second kappa shape index (κ2) is 6.92. The lowest BCUT2D eigenvalue weighted by Gasteiger charge is -2.07. The smallest absolute Gasteiger partial charge is 0.267 e. The predicted octanol–water partition coefficient (Wildman–Crippen LogP) is 3.45. The number of aryl methyl sites for hydroxylation is 1. The van der Waals surface area contributed by atoms with Crippen LogP contribution < -0.4 is 10.6 Å². The minimum Gasteiger partial charge on any atom is -0.360 e. The molecule has 0 aliphatic carbocycles. The topological polar surface area (TPSA) is 64.9 Å². The minimum atomic E-state index is -0.435. The first-order valence-corrected chi connectivity index (χ1v) is 6.49. The Labute approximate surface area is 123 Å². The minimum absolute atomic E-state index is 0.0158. The van der Waals surface area contributed by atoms with Crippen molar-refractivity contribution in [2.24, 2.45) is 0 Å². The van der Waals surface area contributed by atoms with Crippen LogP contribution in [0.15, 0.2) is 66.4 Å². The molecular formula is C17H15N3O. The Morgan fingerprint density at radius 2 is 1.76 bits per heavy atom. The summed E-state index contributed by atoms with van der Waals surface area (Å²) in [6.45, 7) is 1.90. The number of nitrogens with one attached hydrogen (secondary N) is 2. The predicted molar refractivity (Wildman–Crippen MR) is 83.6 cm³/mol. The third kappa shape index (κ3) is 3.95. The molecule has 2 rings (SSSR count). The molecule has 0 unspecified atom stereocenters. The maximum atomic E-state index is 12.1. The molecule has 0 heterocycles. The summed E-state index contributed by atoms with van der Waals surface area (Å²) in [5, 5.41) is 14.8. The summed E-state index contributed by atoms with van der Waals surface area (Å²) in [7, 11) is 0. The van der Waals surface area contributed by atoms with Gasteiger partial charge in [0.1, 0.15) is 11.6 Å². The number of hydrogen-bond donors (Lipinski definition) is 2. The van der Waals surface area contributed by atoms with Gasteiger partial charge in [-0.15, -0.1) is 0 Å². The van der Waals surface area contributed by atoms with Gasteiger partial charge in [0.2, 0.25) is 0 Å². The van der Waals surface area contributed by atoms with E-state index in [1.807, 2.05) is 61.5 Å². The van der Waals surface area contributed by atoms with Crippen LogP contribution in [-0.4, -0.2) is 5.91 Å². The van der Waals surface area contributed by atoms with Gasteiger partial charge in [0, 0.05) is 17.6 Å². The number of amides is 1. The highest BCUT2D eigenvalue weighted by Gasteiger charge is 2.10. The third-order valence-corrected chi connectivity index (χ3v) is 2.92. The number of nitrogens with zero attached hydrogens (tertiary/aromatic N) is 1. The van der Waals surface area contributed by atoms with E-state index in [4.69, 9.17) is 5.26 Å². The van der Waals surface area contributed by atoms with Gasteiger partial charge >= 0.3 is 0 Å². The van der Waals surface area contributed by atoms with Crippen LogP contribution in [0.2, 0.25) is 0 Å². The van der Waals surface area contributed by atoms with Crippen molar-refractivity contribution in [3.05, 3.63) is 71.9 Å². The molecule has 1 amide bonds. The number of hydrogen-bond acceptors (Lipinski definition) is 3. The molecule has 2 aromatic rings. The first-order valence-electron chi connectivity index (χ1n) is 6.49. The van der Waals surface area contributed by atoms with Crippen LogP contribution >= 0.6 is 0 Å². The van der Waals surface area contributed by atoms with Crippen LogP contribution in [0.3, 0.4) is 0 Å². The normalized spacial score (nSPS) is 10.6. The molecule has 0 fully saturated rings. The Morgan fingerprint density at radius 1 is 1.10 bits per heavy atom. The number of carbonyl (C=O) groups is 1. The van der Waals surface area contributed by atoms with Crippen molar-refractivity contribution < 1.29 is 4.79 Å². The number of nitriles is 1. The van der Waals surface area contributed by atoms with E-state index in [9.17, 15) is 4.79 Å². The summed E-state index contributed by atoms with van der Waals surface area (Å²) >= 11 is 0. The van der Waals surface area contributed by atoms with Crippen LogP contribution in [-0.2, 0) is 4.79 Å². The summed E-state index contributed by atoms with van der Waals surface area (Å²) in [5.41, 5.74) is 2.47. The highest BCUT2D eigenvalue weighted by atomic mass is 16.1. The van der Waals surface area contributed by atoms with E-state index in [2.05, 4.69) is 10.6 Å². The molecule has 0 radical (unpaired) electrons. The second-order valence-electron chi connectivity index (χ2n) is 4.45. The van der Waals surface area contributed by atoms with Crippen molar-refractivity contribution in [3.63, 3.8) is 0 Å². The van der Waals surface area contributed by atoms with Gasteiger partial charge in [-0.2, -0.15) is 5.26 Å². The van der Waals surface area contributed by atoms with Crippen LogP contribution in [0.4, 0.5) is 11.4 Å². The number of rotatable bonds is 4. The fraction of sp³-hybridized carbons (Fsp3) is 0.0588.